The van der Waals surface area contributed by atoms with Gasteiger partial charge in [-0.1, -0.05) is 0 Å². The first-order chi connectivity index (χ1) is 3.80. The molecule has 1 saturated heterocycles. The van der Waals surface area contributed by atoms with Crippen molar-refractivity contribution in [1.29, 1.82) is 0 Å². The molecule has 2 heteroatoms. The molecule has 0 amide bonds. The third-order valence-corrected chi connectivity index (χ3v) is 1.65. The Morgan fingerprint density at radius 1 is 1.50 bits per heavy atom. The minimum Gasteiger partial charge on any atom is -0.376 e. The van der Waals surface area contributed by atoms with E-state index in [9.17, 15) is 0 Å². The highest BCUT2D eigenvalue weighted by Crippen LogP contribution is 2.00. The van der Waals surface area contributed by atoms with Gasteiger partial charge in [-0.2, -0.15) is 0 Å². The van der Waals surface area contributed by atoms with Crippen molar-refractivity contribution in [3.05, 3.63) is 0 Å². The van der Waals surface area contributed by atoms with Crippen LogP contribution in [-0.2, 0) is 4.74 Å². The van der Waals surface area contributed by atoms with Crippen molar-refractivity contribution in [2.45, 2.75) is 26.0 Å². The van der Waals surface area contributed by atoms with E-state index in [2.05, 4.69) is 19.2 Å². The lowest BCUT2D eigenvalue weighted by Gasteiger charge is -2.26. The topological polar surface area (TPSA) is 21.3 Å². The highest BCUT2D eigenvalue weighted by atomic mass is 16.5. The van der Waals surface area contributed by atoms with Crippen molar-refractivity contribution < 1.29 is 4.74 Å². The van der Waals surface area contributed by atoms with Gasteiger partial charge in [-0.05, 0) is 13.8 Å². The van der Waals surface area contributed by atoms with Crippen LogP contribution >= 0.6 is 0 Å². The van der Waals surface area contributed by atoms with Crippen molar-refractivity contribution in [2.75, 3.05) is 13.2 Å². The van der Waals surface area contributed by atoms with Crippen LogP contribution < -0.4 is 5.32 Å². The first kappa shape index (κ1) is 6.05. The minimum absolute atomic E-state index is 0.392. The zero-order valence-electron chi connectivity index (χ0n) is 5.48. The van der Waals surface area contributed by atoms with E-state index in [1.807, 2.05) is 0 Å². The smallest absolute Gasteiger partial charge is 0.0697 e. The summed E-state index contributed by atoms with van der Waals surface area (Å²) in [5.41, 5.74) is 0. The molecule has 1 aliphatic heterocycles. The molecule has 1 rings (SSSR count). The first-order valence-corrected chi connectivity index (χ1v) is 3.15. The third kappa shape index (κ3) is 1.20. The summed E-state index contributed by atoms with van der Waals surface area (Å²) < 4.78 is 5.33. The maximum Gasteiger partial charge on any atom is 0.0697 e. The Balaban J connectivity index is 2.28. The second kappa shape index (κ2) is 2.46. The van der Waals surface area contributed by atoms with Gasteiger partial charge in [0, 0.05) is 12.6 Å². The molecule has 1 heterocycles. The molecule has 48 valence electrons. The van der Waals surface area contributed by atoms with E-state index in [-0.39, 0.29) is 0 Å². The Bertz CT molecular complexity index is 64.9. The lowest BCUT2D eigenvalue weighted by molar-refractivity contribution is 0.0135. The van der Waals surface area contributed by atoms with Crippen molar-refractivity contribution in [1.82, 2.24) is 5.32 Å². The van der Waals surface area contributed by atoms with Gasteiger partial charge in [0.1, 0.15) is 0 Å². The lowest BCUT2D eigenvalue weighted by Crippen LogP contribution is -2.44. The molecule has 0 spiro atoms. The molecule has 1 aliphatic rings. The fourth-order valence-corrected chi connectivity index (χ4v) is 0.842. The van der Waals surface area contributed by atoms with E-state index >= 15 is 0 Å². The van der Waals surface area contributed by atoms with Gasteiger partial charge in [-0.15, -0.1) is 0 Å². The molecule has 1 unspecified atom stereocenters. The Kier molecular flexibility index (Phi) is 1.86. The van der Waals surface area contributed by atoms with Crippen LogP contribution in [0, 0.1) is 0 Å². The second-order valence-electron chi connectivity index (χ2n) is 2.32. The van der Waals surface area contributed by atoms with E-state index in [1.165, 1.54) is 0 Å². The Morgan fingerprint density at radius 2 is 2.25 bits per heavy atom. The zero-order chi connectivity index (χ0) is 5.98. The fraction of sp³-hybridized carbons (Fsp3) is 1.00. The highest BCUT2D eigenvalue weighted by Gasteiger charge is 2.15. The monoisotopic (exact) mass is 115 g/mol. The van der Waals surface area contributed by atoms with Gasteiger partial charge in [0.15, 0.2) is 0 Å². The van der Waals surface area contributed by atoms with E-state index in [4.69, 9.17) is 4.74 Å². The predicted molar refractivity (Wildman–Crippen MR) is 32.9 cm³/mol. The first-order valence-electron chi connectivity index (χ1n) is 3.15. The van der Waals surface area contributed by atoms with E-state index in [0.29, 0.717) is 12.1 Å². The Hall–Kier alpha value is -0.0800. The molecule has 0 bridgehead atoms. The summed E-state index contributed by atoms with van der Waals surface area (Å²) in [6.45, 7) is 6.11. The molecule has 2 nitrogen and oxygen atoms in total. The summed E-state index contributed by atoms with van der Waals surface area (Å²) in [6.07, 6.45) is 0.392. The van der Waals surface area contributed by atoms with Gasteiger partial charge in [-0.25, -0.2) is 0 Å². The summed E-state index contributed by atoms with van der Waals surface area (Å²) in [6, 6.07) is 0.531. The predicted octanol–water partition coefficient (Wildman–Crippen LogP) is 0.383. The van der Waals surface area contributed by atoms with E-state index in [1.54, 1.807) is 0 Å². The Morgan fingerprint density at radius 3 is 2.62 bits per heavy atom. The fourth-order valence-electron chi connectivity index (χ4n) is 0.842. The summed E-state index contributed by atoms with van der Waals surface area (Å²) in [7, 11) is 0. The lowest BCUT2D eigenvalue weighted by atomic mass is 10.2. The summed E-state index contributed by atoms with van der Waals surface area (Å²) >= 11 is 0. The van der Waals surface area contributed by atoms with Crippen LogP contribution in [0.5, 0.6) is 0 Å². The molecule has 0 aromatic heterocycles. The van der Waals surface area contributed by atoms with Crippen LogP contribution in [-0.4, -0.2) is 25.3 Å². The maximum absolute atomic E-state index is 5.33. The number of hydrogen-bond donors (Lipinski definition) is 1. The number of hydrogen-bond acceptors (Lipinski definition) is 2. The van der Waals surface area contributed by atoms with Crippen molar-refractivity contribution in [2.24, 2.45) is 0 Å². The second-order valence-corrected chi connectivity index (χ2v) is 2.32. The van der Waals surface area contributed by atoms with E-state index < -0.39 is 0 Å². The highest BCUT2D eigenvalue weighted by molar-refractivity contribution is 4.71. The van der Waals surface area contributed by atoms with Crippen LogP contribution in [0.4, 0.5) is 0 Å². The zero-order valence-corrected chi connectivity index (χ0v) is 5.48. The van der Waals surface area contributed by atoms with Crippen molar-refractivity contribution in [3.63, 3.8) is 0 Å². The van der Waals surface area contributed by atoms with Crippen molar-refractivity contribution in [3.8, 4) is 0 Å². The molecule has 2 atom stereocenters. The number of rotatable bonds is 0. The summed E-state index contributed by atoms with van der Waals surface area (Å²) in [5.74, 6) is 0. The van der Waals surface area contributed by atoms with Gasteiger partial charge in [0.2, 0.25) is 0 Å². The van der Waals surface area contributed by atoms with Crippen LogP contribution in [0.3, 0.4) is 0 Å². The standard InChI is InChI=1S/C6H13NO/c1-5-6(2)8-4-3-7-5/h5-7H,3-4H2,1-2H3/t5-,6?/m1/s1. The van der Waals surface area contributed by atoms with Crippen LogP contribution in [0.2, 0.25) is 0 Å². The molecule has 8 heavy (non-hydrogen) atoms. The van der Waals surface area contributed by atoms with E-state index in [0.717, 1.165) is 13.2 Å². The normalized spacial score (nSPS) is 39.8. The molecule has 0 aromatic carbocycles. The van der Waals surface area contributed by atoms with Gasteiger partial charge in [0.05, 0.1) is 12.7 Å². The minimum atomic E-state index is 0.392. The average Bonchev–Trinajstić information content (AvgIpc) is 1.77. The molecule has 1 fully saturated rings. The van der Waals surface area contributed by atoms with Gasteiger partial charge in [0.25, 0.3) is 0 Å². The maximum atomic E-state index is 5.33. The number of ether oxygens (including phenoxy) is 1. The largest absolute Gasteiger partial charge is 0.376 e. The summed E-state index contributed by atoms with van der Waals surface area (Å²) in [4.78, 5) is 0. The van der Waals surface area contributed by atoms with Crippen LogP contribution in [0.25, 0.3) is 0 Å². The molecule has 1 N–H and O–H groups in total. The average molecular weight is 115 g/mol. The summed E-state index contributed by atoms with van der Waals surface area (Å²) in [5, 5.41) is 3.31. The number of nitrogens with one attached hydrogen (secondary N) is 1. The third-order valence-electron chi connectivity index (χ3n) is 1.65. The van der Waals surface area contributed by atoms with Gasteiger partial charge in [-0.3, -0.25) is 0 Å². The molecule has 0 saturated carbocycles. The van der Waals surface area contributed by atoms with Gasteiger partial charge >= 0.3 is 0 Å². The van der Waals surface area contributed by atoms with Crippen LogP contribution in [0.15, 0.2) is 0 Å². The van der Waals surface area contributed by atoms with Gasteiger partial charge < -0.3 is 10.1 Å². The Labute approximate surface area is 50.2 Å². The molecular formula is C6H13NO. The molecule has 0 aromatic rings. The van der Waals surface area contributed by atoms with Crippen LogP contribution in [0.1, 0.15) is 13.8 Å². The SMILES string of the molecule is CC1OCCN[C@@H]1C. The molecular weight excluding hydrogens is 102 g/mol. The molecule has 0 radical (unpaired) electrons. The number of morpholine rings is 1. The quantitative estimate of drug-likeness (QED) is 0.493. The van der Waals surface area contributed by atoms with Crippen molar-refractivity contribution >= 4 is 0 Å². The molecule has 0 aliphatic carbocycles.